The van der Waals surface area contributed by atoms with E-state index in [1.54, 1.807) is 18.2 Å². The van der Waals surface area contributed by atoms with Crippen molar-refractivity contribution in [1.29, 1.82) is 0 Å². The number of alkyl halides is 3. The van der Waals surface area contributed by atoms with Gasteiger partial charge in [0.05, 0.1) is 11.8 Å². The molecule has 0 radical (unpaired) electrons. The lowest BCUT2D eigenvalue weighted by Gasteiger charge is -2.15. The molecule has 152 valence electrons. The van der Waals surface area contributed by atoms with Crippen molar-refractivity contribution in [3.8, 4) is 11.5 Å². The Hall–Kier alpha value is -3.07. The van der Waals surface area contributed by atoms with E-state index in [4.69, 9.17) is 17.0 Å². The van der Waals surface area contributed by atoms with Gasteiger partial charge >= 0.3 is 6.36 Å². The second-order valence-electron chi connectivity index (χ2n) is 6.37. The fourth-order valence-corrected chi connectivity index (χ4v) is 2.98. The Morgan fingerprint density at radius 1 is 1.10 bits per heavy atom. The van der Waals surface area contributed by atoms with Gasteiger partial charge in [0.25, 0.3) is 5.91 Å². The van der Waals surface area contributed by atoms with Crippen LogP contribution in [0.3, 0.4) is 0 Å². The first kappa shape index (κ1) is 20.7. The lowest BCUT2D eigenvalue weighted by molar-refractivity contribution is -0.274. The summed E-state index contributed by atoms with van der Waals surface area (Å²) in [6.45, 7) is 3.79. The number of hydrogen-bond acceptors (Lipinski definition) is 4. The second kappa shape index (κ2) is 8.12. The van der Waals surface area contributed by atoms with Crippen molar-refractivity contribution >= 4 is 35.0 Å². The van der Waals surface area contributed by atoms with Crippen LogP contribution in [0.15, 0.2) is 54.2 Å². The van der Waals surface area contributed by atoms with Crippen LogP contribution in [-0.4, -0.2) is 23.5 Å². The van der Waals surface area contributed by atoms with Crippen molar-refractivity contribution in [2.75, 3.05) is 4.90 Å². The lowest BCUT2D eigenvalue weighted by Crippen LogP contribution is -2.30. The fraction of sp³-hybridized carbons (Fsp3) is 0.200. The zero-order valence-corrected chi connectivity index (χ0v) is 16.3. The molecule has 0 aromatic heterocycles. The zero-order chi connectivity index (χ0) is 21.2. The third kappa shape index (κ3) is 5.05. The van der Waals surface area contributed by atoms with Crippen LogP contribution in [0.5, 0.6) is 11.5 Å². The van der Waals surface area contributed by atoms with E-state index in [1.165, 1.54) is 17.0 Å². The summed E-state index contributed by atoms with van der Waals surface area (Å²) < 4.78 is 46.5. The summed E-state index contributed by atoms with van der Waals surface area (Å²) in [5, 5.41) is 2.95. The number of carbonyl (C=O) groups excluding carboxylic acids is 1. The molecule has 0 saturated carbocycles. The number of ether oxygens (including phenoxy) is 2. The lowest BCUT2D eigenvalue weighted by atomic mass is 10.1. The summed E-state index contributed by atoms with van der Waals surface area (Å²) in [7, 11) is 0. The number of anilines is 1. The summed E-state index contributed by atoms with van der Waals surface area (Å²) in [5.74, 6) is -0.205. The molecule has 1 N–H and O–H groups in total. The number of carbonyl (C=O) groups is 1. The number of benzene rings is 2. The standard InChI is InChI=1S/C20H17F3N2O3S/c1-12(2)27-17-6-4-3-5-13(17)11-16-18(26)25(19(29)24-16)14-7-9-15(10-8-14)28-20(21,22)23/h3-12H,1-2H3,(H,24,29)/b16-11-. The van der Waals surface area contributed by atoms with E-state index in [0.29, 0.717) is 17.0 Å². The van der Waals surface area contributed by atoms with Gasteiger partial charge in [-0.1, -0.05) is 18.2 Å². The molecule has 1 aliphatic rings. The van der Waals surface area contributed by atoms with Crippen LogP contribution in [0.2, 0.25) is 0 Å². The van der Waals surface area contributed by atoms with Gasteiger partial charge in [0.2, 0.25) is 0 Å². The molecule has 2 aromatic carbocycles. The first-order valence-corrected chi connectivity index (χ1v) is 9.03. The molecule has 0 atom stereocenters. The molecule has 3 rings (SSSR count). The Bertz CT molecular complexity index is 956. The van der Waals surface area contributed by atoms with Crippen LogP contribution in [0, 0.1) is 0 Å². The predicted octanol–water partition coefficient (Wildman–Crippen LogP) is 4.63. The highest BCUT2D eigenvalue weighted by atomic mass is 32.1. The van der Waals surface area contributed by atoms with Crippen LogP contribution >= 0.6 is 12.2 Å². The summed E-state index contributed by atoms with van der Waals surface area (Å²) in [4.78, 5) is 14.0. The van der Waals surface area contributed by atoms with E-state index in [1.807, 2.05) is 26.0 Å². The molecule has 2 aromatic rings. The van der Waals surface area contributed by atoms with Gasteiger partial charge < -0.3 is 14.8 Å². The highest BCUT2D eigenvalue weighted by molar-refractivity contribution is 7.80. The maximum absolute atomic E-state index is 12.8. The van der Waals surface area contributed by atoms with Gasteiger partial charge in [-0.25, -0.2) is 0 Å². The smallest absolute Gasteiger partial charge is 0.490 e. The summed E-state index contributed by atoms with van der Waals surface area (Å²) in [6, 6.07) is 12.1. The first-order valence-electron chi connectivity index (χ1n) is 8.62. The molecule has 1 aliphatic heterocycles. The molecular formula is C20H17F3N2O3S. The van der Waals surface area contributed by atoms with Gasteiger partial charge in [0.15, 0.2) is 5.11 Å². The van der Waals surface area contributed by atoms with Crippen LogP contribution in [-0.2, 0) is 4.79 Å². The number of nitrogens with zero attached hydrogens (tertiary/aromatic N) is 1. The molecule has 5 nitrogen and oxygen atoms in total. The van der Waals surface area contributed by atoms with E-state index in [0.717, 1.165) is 12.1 Å². The zero-order valence-electron chi connectivity index (χ0n) is 15.5. The van der Waals surface area contributed by atoms with Crippen molar-refractivity contribution < 1.29 is 27.4 Å². The third-order valence-electron chi connectivity index (χ3n) is 3.79. The fourth-order valence-electron chi connectivity index (χ4n) is 2.68. The van der Waals surface area contributed by atoms with Crippen molar-refractivity contribution in [2.24, 2.45) is 0 Å². The van der Waals surface area contributed by atoms with Crippen molar-refractivity contribution in [2.45, 2.75) is 26.3 Å². The minimum absolute atomic E-state index is 0.0446. The molecule has 0 spiro atoms. The SMILES string of the molecule is CC(C)Oc1ccccc1/C=C1\NC(=S)N(c2ccc(OC(F)(F)F)cc2)C1=O. The van der Waals surface area contributed by atoms with Gasteiger partial charge in [-0.3, -0.25) is 9.69 Å². The van der Waals surface area contributed by atoms with Crippen LogP contribution in [0.25, 0.3) is 6.08 Å². The van der Waals surface area contributed by atoms with Gasteiger partial charge in [0.1, 0.15) is 17.2 Å². The second-order valence-corrected chi connectivity index (χ2v) is 6.76. The molecule has 1 amide bonds. The average molecular weight is 422 g/mol. The van der Waals surface area contributed by atoms with E-state index in [9.17, 15) is 18.0 Å². The normalized spacial score (nSPS) is 15.8. The van der Waals surface area contributed by atoms with Crippen LogP contribution < -0.4 is 19.7 Å². The number of para-hydroxylation sites is 1. The minimum atomic E-state index is -4.79. The monoisotopic (exact) mass is 422 g/mol. The van der Waals surface area contributed by atoms with Gasteiger partial charge in [-0.15, -0.1) is 13.2 Å². The molecule has 1 fully saturated rings. The third-order valence-corrected chi connectivity index (χ3v) is 4.07. The average Bonchev–Trinajstić information content (AvgIpc) is 2.89. The Morgan fingerprint density at radius 2 is 1.76 bits per heavy atom. The van der Waals surface area contributed by atoms with Gasteiger partial charge in [-0.05, 0) is 62.5 Å². The van der Waals surface area contributed by atoms with Crippen LogP contribution in [0.1, 0.15) is 19.4 Å². The maximum atomic E-state index is 12.8. The van der Waals surface area contributed by atoms with E-state index in [2.05, 4.69) is 10.1 Å². The number of amides is 1. The van der Waals surface area contributed by atoms with Gasteiger partial charge in [0, 0.05) is 5.56 Å². The Balaban J connectivity index is 1.84. The molecule has 0 unspecified atom stereocenters. The van der Waals surface area contributed by atoms with Crippen molar-refractivity contribution in [1.82, 2.24) is 5.32 Å². The molecule has 9 heteroatoms. The number of hydrogen-bond donors (Lipinski definition) is 1. The Kier molecular flexibility index (Phi) is 5.78. The maximum Gasteiger partial charge on any atom is 0.573 e. The molecular weight excluding hydrogens is 405 g/mol. The summed E-state index contributed by atoms with van der Waals surface area (Å²) >= 11 is 5.23. The van der Waals surface area contributed by atoms with E-state index < -0.39 is 12.3 Å². The topological polar surface area (TPSA) is 50.8 Å². The number of rotatable bonds is 5. The summed E-state index contributed by atoms with van der Waals surface area (Å²) in [6.07, 6.45) is -3.21. The van der Waals surface area contributed by atoms with Crippen molar-refractivity contribution in [3.05, 3.63) is 59.8 Å². The van der Waals surface area contributed by atoms with Crippen molar-refractivity contribution in [3.63, 3.8) is 0 Å². The van der Waals surface area contributed by atoms with E-state index >= 15 is 0 Å². The molecule has 1 heterocycles. The molecule has 1 saturated heterocycles. The van der Waals surface area contributed by atoms with Crippen LogP contribution in [0.4, 0.5) is 18.9 Å². The van der Waals surface area contributed by atoms with E-state index in [-0.39, 0.29) is 22.7 Å². The predicted molar refractivity (Wildman–Crippen MR) is 107 cm³/mol. The minimum Gasteiger partial charge on any atom is -0.490 e. The highest BCUT2D eigenvalue weighted by Crippen LogP contribution is 2.29. The number of thiocarbonyl (C=S) groups is 1. The number of halogens is 3. The first-order chi connectivity index (χ1) is 13.6. The summed E-state index contributed by atoms with van der Waals surface area (Å²) in [5.41, 5.74) is 1.23. The molecule has 0 bridgehead atoms. The quantitative estimate of drug-likeness (QED) is 0.562. The molecule has 29 heavy (non-hydrogen) atoms. The Morgan fingerprint density at radius 3 is 2.38 bits per heavy atom. The Labute approximate surface area is 170 Å². The van der Waals surface area contributed by atoms with Gasteiger partial charge in [-0.2, -0.15) is 0 Å². The number of nitrogens with one attached hydrogen (secondary N) is 1. The highest BCUT2D eigenvalue weighted by Gasteiger charge is 2.33. The largest absolute Gasteiger partial charge is 0.573 e. The molecule has 0 aliphatic carbocycles.